The van der Waals surface area contributed by atoms with Crippen LogP contribution in [-0.2, 0) is 21.3 Å². The zero-order valence-electron chi connectivity index (χ0n) is 21.3. The Kier molecular flexibility index (Phi) is 8.58. The van der Waals surface area contributed by atoms with Gasteiger partial charge in [0.2, 0.25) is 0 Å². The van der Waals surface area contributed by atoms with Gasteiger partial charge in [-0.25, -0.2) is 13.2 Å². The molecule has 0 N–H and O–H groups in total. The summed E-state index contributed by atoms with van der Waals surface area (Å²) in [7, 11) is -3.89. The van der Waals surface area contributed by atoms with Crippen LogP contribution in [0.3, 0.4) is 0 Å². The molecule has 0 atom stereocenters. The van der Waals surface area contributed by atoms with Crippen molar-refractivity contribution in [1.29, 1.82) is 0 Å². The van der Waals surface area contributed by atoms with Crippen LogP contribution in [0.15, 0.2) is 77.7 Å². The molecule has 0 aliphatic carbocycles. The van der Waals surface area contributed by atoms with Crippen LogP contribution >= 0.6 is 11.6 Å². The maximum atomic E-state index is 13.7. The topological polar surface area (TPSA) is 87.2 Å². The summed E-state index contributed by atoms with van der Waals surface area (Å²) in [5.41, 5.74) is 2.46. The third kappa shape index (κ3) is 6.11. The number of piperazine rings is 1. The molecular formula is C28H30ClN3O5S. The number of carbonyl (C=O) groups is 2. The molecule has 1 saturated heterocycles. The number of anilines is 1. The van der Waals surface area contributed by atoms with Crippen molar-refractivity contribution < 1.29 is 22.7 Å². The van der Waals surface area contributed by atoms with Crippen molar-refractivity contribution in [2.24, 2.45) is 0 Å². The largest absolute Gasteiger partial charge is 0.450 e. The Labute approximate surface area is 228 Å². The molecule has 0 saturated carbocycles. The number of benzene rings is 3. The SMILES string of the molecule is CCOC(=O)N1CCN(C(=O)c2ccc(CN(c3cc(Cl)ccc3C)S(=O)(=O)c3ccccc3)cc2)CC1. The summed E-state index contributed by atoms with van der Waals surface area (Å²) in [6, 6.07) is 20.3. The van der Waals surface area contributed by atoms with Crippen LogP contribution in [0, 0.1) is 6.92 Å². The highest BCUT2D eigenvalue weighted by molar-refractivity contribution is 7.92. The molecule has 38 heavy (non-hydrogen) atoms. The minimum absolute atomic E-state index is 0.0606. The van der Waals surface area contributed by atoms with Gasteiger partial charge in [0.25, 0.3) is 15.9 Å². The average molecular weight is 556 g/mol. The Morgan fingerprint density at radius 1 is 0.921 bits per heavy atom. The fraction of sp³-hybridized carbons (Fsp3) is 0.286. The van der Waals surface area contributed by atoms with Gasteiger partial charge in [-0.1, -0.05) is 48.0 Å². The number of carbonyl (C=O) groups excluding carboxylic acids is 2. The summed E-state index contributed by atoms with van der Waals surface area (Å²) in [6.45, 7) is 5.61. The van der Waals surface area contributed by atoms with E-state index in [1.165, 1.54) is 4.31 Å². The molecule has 3 aromatic carbocycles. The molecule has 200 valence electrons. The minimum Gasteiger partial charge on any atom is -0.450 e. The van der Waals surface area contributed by atoms with Crippen LogP contribution in [0.4, 0.5) is 10.5 Å². The van der Waals surface area contributed by atoms with Gasteiger partial charge in [-0.15, -0.1) is 0 Å². The molecule has 2 amide bonds. The van der Waals surface area contributed by atoms with E-state index in [9.17, 15) is 18.0 Å². The van der Waals surface area contributed by atoms with E-state index in [-0.39, 0.29) is 23.4 Å². The zero-order valence-corrected chi connectivity index (χ0v) is 22.9. The van der Waals surface area contributed by atoms with Crippen LogP contribution in [-0.4, -0.2) is 63.0 Å². The Morgan fingerprint density at radius 2 is 1.55 bits per heavy atom. The van der Waals surface area contributed by atoms with E-state index in [2.05, 4.69) is 0 Å². The van der Waals surface area contributed by atoms with Gasteiger partial charge in [0.1, 0.15) is 0 Å². The first-order chi connectivity index (χ1) is 18.2. The van der Waals surface area contributed by atoms with E-state index < -0.39 is 10.0 Å². The normalized spacial score (nSPS) is 13.8. The van der Waals surface area contributed by atoms with Gasteiger partial charge >= 0.3 is 6.09 Å². The lowest BCUT2D eigenvalue weighted by Gasteiger charge is -2.34. The van der Waals surface area contributed by atoms with Gasteiger partial charge in [-0.2, -0.15) is 0 Å². The maximum Gasteiger partial charge on any atom is 0.409 e. The molecule has 8 nitrogen and oxygen atoms in total. The van der Waals surface area contributed by atoms with Crippen molar-refractivity contribution in [3.8, 4) is 0 Å². The van der Waals surface area contributed by atoms with Crippen LogP contribution in [0.2, 0.25) is 5.02 Å². The van der Waals surface area contributed by atoms with Crippen molar-refractivity contribution in [1.82, 2.24) is 9.80 Å². The highest BCUT2D eigenvalue weighted by Crippen LogP contribution is 2.31. The number of sulfonamides is 1. The Morgan fingerprint density at radius 3 is 2.18 bits per heavy atom. The fourth-order valence-electron chi connectivity index (χ4n) is 4.28. The second-order valence-electron chi connectivity index (χ2n) is 8.93. The van der Waals surface area contributed by atoms with E-state index in [1.807, 2.05) is 6.92 Å². The summed E-state index contributed by atoms with van der Waals surface area (Å²) in [5.74, 6) is -0.139. The number of ether oxygens (including phenoxy) is 1. The minimum atomic E-state index is -3.89. The molecule has 1 heterocycles. The summed E-state index contributed by atoms with van der Waals surface area (Å²) in [6.07, 6.45) is -0.367. The van der Waals surface area contributed by atoms with E-state index >= 15 is 0 Å². The molecule has 1 aliphatic rings. The number of nitrogens with zero attached hydrogens (tertiary/aromatic N) is 3. The van der Waals surface area contributed by atoms with E-state index in [0.717, 1.165) is 5.56 Å². The molecule has 1 fully saturated rings. The quantitative estimate of drug-likeness (QED) is 0.411. The van der Waals surface area contributed by atoms with Crippen molar-refractivity contribution in [3.63, 3.8) is 0 Å². The summed E-state index contributed by atoms with van der Waals surface area (Å²) in [4.78, 5) is 28.4. The molecular weight excluding hydrogens is 526 g/mol. The molecule has 4 rings (SSSR count). The molecule has 0 unspecified atom stereocenters. The smallest absolute Gasteiger partial charge is 0.409 e. The van der Waals surface area contributed by atoms with Gasteiger partial charge in [-0.05, 0) is 61.4 Å². The summed E-state index contributed by atoms with van der Waals surface area (Å²) in [5, 5.41) is 0.433. The van der Waals surface area contributed by atoms with Crippen LogP contribution in [0.5, 0.6) is 0 Å². The lowest BCUT2D eigenvalue weighted by atomic mass is 10.1. The number of amides is 2. The number of aryl methyl sites for hydroxylation is 1. The predicted molar refractivity (Wildman–Crippen MR) is 147 cm³/mol. The lowest BCUT2D eigenvalue weighted by Crippen LogP contribution is -2.50. The van der Waals surface area contributed by atoms with Gasteiger partial charge < -0.3 is 14.5 Å². The van der Waals surface area contributed by atoms with E-state index in [4.69, 9.17) is 16.3 Å². The predicted octanol–water partition coefficient (Wildman–Crippen LogP) is 4.96. The van der Waals surface area contributed by atoms with E-state index in [0.29, 0.717) is 54.6 Å². The molecule has 0 bridgehead atoms. The van der Waals surface area contributed by atoms with Crippen molar-refractivity contribution >= 4 is 39.3 Å². The van der Waals surface area contributed by atoms with Crippen LogP contribution in [0.25, 0.3) is 0 Å². The molecule has 1 aliphatic heterocycles. The highest BCUT2D eigenvalue weighted by Gasteiger charge is 2.28. The van der Waals surface area contributed by atoms with Gasteiger partial charge in [-0.3, -0.25) is 9.10 Å². The second-order valence-corrected chi connectivity index (χ2v) is 11.2. The van der Waals surface area contributed by atoms with Gasteiger partial charge in [0.05, 0.1) is 23.7 Å². The number of halogens is 1. The Balaban J connectivity index is 1.54. The van der Waals surface area contributed by atoms with Crippen molar-refractivity contribution in [3.05, 3.63) is 94.5 Å². The highest BCUT2D eigenvalue weighted by atomic mass is 35.5. The summed E-state index contributed by atoms with van der Waals surface area (Å²) >= 11 is 6.24. The van der Waals surface area contributed by atoms with Gasteiger partial charge in [0.15, 0.2) is 0 Å². The first kappa shape index (κ1) is 27.5. The summed E-state index contributed by atoms with van der Waals surface area (Å²) < 4.78 is 33.7. The number of rotatable bonds is 7. The zero-order chi connectivity index (χ0) is 27.3. The van der Waals surface area contributed by atoms with Gasteiger partial charge in [0, 0.05) is 36.8 Å². The third-order valence-electron chi connectivity index (χ3n) is 6.39. The van der Waals surface area contributed by atoms with Crippen molar-refractivity contribution in [2.45, 2.75) is 25.3 Å². The first-order valence-corrected chi connectivity index (χ1v) is 14.2. The van der Waals surface area contributed by atoms with Crippen molar-refractivity contribution in [2.75, 3.05) is 37.1 Å². The third-order valence-corrected chi connectivity index (χ3v) is 8.40. The molecule has 3 aromatic rings. The molecule has 10 heteroatoms. The Hall–Kier alpha value is -3.56. The molecule has 0 aromatic heterocycles. The lowest BCUT2D eigenvalue weighted by molar-refractivity contribution is 0.0570. The van der Waals surface area contributed by atoms with Crippen LogP contribution < -0.4 is 4.31 Å². The number of hydrogen-bond acceptors (Lipinski definition) is 5. The van der Waals surface area contributed by atoms with Crippen LogP contribution in [0.1, 0.15) is 28.4 Å². The second kappa shape index (κ2) is 11.9. The fourth-order valence-corrected chi connectivity index (χ4v) is 5.98. The maximum absolute atomic E-state index is 13.7. The Bertz CT molecular complexity index is 1390. The molecule has 0 spiro atoms. The monoisotopic (exact) mass is 555 g/mol. The average Bonchev–Trinajstić information content (AvgIpc) is 2.94. The standard InChI is InChI=1S/C28H30ClN3O5S/c1-3-37-28(34)31-17-15-30(16-18-31)27(33)23-12-10-22(11-13-23)20-32(26-19-24(29)14-9-21(26)2)38(35,36)25-7-5-4-6-8-25/h4-14,19H,3,15-18,20H2,1-2H3. The van der Waals surface area contributed by atoms with E-state index in [1.54, 1.807) is 89.5 Å². The number of hydrogen-bond donors (Lipinski definition) is 0. The first-order valence-electron chi connectivity index (χ1n) is 12.3. The molecule has 0 radical (unpaired) electrons.